The van der Waals surface area contributed by atoms with Crippen LogP contribution in [0.5, 0.6) is 0 Å². The third kappa shape index (κ3) is 1.86. The molecule has 1 heterocycles. The molecular weight excluding hydrogens is 252 g/mol. The zero-order valence-electron chi connectivity index (χ0n) is 11.3. The number of carbonyl (C=O) groups is 1. The van der Waals surface area contributed by atoms with E-state index < -0.39 is 5.97 Å². The highest BCUT2D eigenvalue weighted by Crippen LogP contribution is 2.24. The van der Waals surface area contributed by atoms with Crippen LogP contribution in [0, 0.1) is 13.8 Å². The van der Waals surface area contributed by atoms with Crippen LogP contribution < -0.4 is 0 Å². The van der Waals surface area contributed by atoms with Gasteiger partial charge in [0.2, 0.25) is 0 Å². The van der Waals surface area contributed by atoms with Crippen molar-refractivity contribution in [3.8, 4) is 5.69 Å². The van der Waals surface area contributed by atoms with Gasteiger partial charge < -0.3 is 5.11 Å². The first-order chi connectivity index (χ1) is 9.58. The zero-order chi connectivity index (χ0) is 14.3. The van der Waals surface area contributed by atoms with Crippen molar-refractivity contribution in [2.45, 2.75) is 13.8 Å². The number of carboxylic acids is 1. The Morgan fingerprint density at radius 3 is 2.75 bits per heavy atom. The number of carboxylic acid groups (broad SMARTS) is 1. The van der Waals surface area contributed by atoms with E-state index in [-0.39, 0.29) is 5.56 Å². The normalized spacial score (nSPS) is 10.9. The zero-order valence-corrected chi connectivity index (χ0v) is 11.3. The van der Waals surface area contributed by atoms with E-state index in [1.165, 1.54) is 0 Å². The maximum atomic E-state index is 11.4. The molecule has 0 unspecified atom stereocenters. The lowest BCUT2D eigenvalue weighted by molar-refractivity contribution is 0.0698. The molecule has 0 radical (unpaired) electrons. The quantitative estimate of drug-likeness (QED) is 0.774. The molecule has 4 heteroatoms. The predicted octanol–water partition coefficient (Wildman–Crippen LogP) is 3.34. The molecule has 0 saturated carbocycles. The van der Waals surface area contributed by atoms with Gasteiger partial charge in [0.15, 0.2) is 0 Å². The van der Waals surface area contributed by atoms with E-state index in [9.17, 15) is 9.90 Å². The minimum absolute atomic E-state index is 0.265. The second-order valence-electron chi connectivity index (χ2n) is 4.88. The van der Waals surface area contributed by atoms with Crippen LogP contribution in [0.25, 0.3) is 16.7 Å². The maximum Gasteiger partial charge on any atom is 0.337 e. The van der Waals surface area contributed by atoms with Crippen LogP contribution in [0.1, 0.15) is 21.5 Å². The number of imidazole rings is 1. The molecule has 0 saturated heterocycles. The van der Waals surface area contributed by atoms with Crippen LogP contribution in [0.2, 0.25) is 0 Å². The smallest absolute Gasteiger partial charge is 0.337 e. The van der Waals surface area contributed by atoms with E-state index in [4.69, 9.17) is 0 Å². The number of fused-ring (bicyclic) bond motifs is 1. The summed E-state index contributed by atoms with van der Waals surface area (Å²) in [6, 6.07) is 11.2. The Morgan fingerprint density at radius 2 is 2.00 bits per heavy atom. The Bertz CT molecular complexity index is 818. The van der Waals surface area contributed by atoms with Crippen molar-refractivity contribution in [2.75, 3.05) is 0 Å². The van der Waals surface area contributed by atoms with Gasteiger partial charge in [-0.1, -0.05) is 18.2 Å². The fourth-order valence-corrected chi connectivity index (χ4v) is 2.40. The van der Waals surface area contributed by atoms with Crippen molar-refractivity contribution in [3.63, 3.8) is 0 Å². The SMILES string of the molecule is Cc1ccc(C)c(-n2cnc3cccc(C(=O)O)c32)c1. The summed E-state index contributed by atoms with van der Waals surface area (Å²) in [4.78, 5) is 15.7. The second kappa shape index (κ2) is 4.49. The molecule has 3 rings (SSSR count). The number of hydrogen-bond acceptors (Lipinski definition) is 2. The van der Waals surface area contributed by atoms with Gasteiger partial charge in [-0.15, -0.1) is 0 Å². The Morgan fingerprint density at radius 1 is 1.20 bits per heavy atom. The number of aromatic nitrogens is 2. The summed E-state index contributed by atoms with van der Waals surface area (Å²) in [6.45, 7) is 4.02. The van der Waals surface area contributed by atoms with Gasteiger partial charge in [-0.2, -0.15) is 0 Å². The van der Waals surface area contributed by atoms with E-state index in [1.54, 1.807) is 18.5 Å². The van der Waals surface area contributed by atoms with Crippen LogP contribution in [0.4, 0.5) is 0 Å². The summed E-state index contributed by atoms with van der Waals surface area (Å²) < 4.78 is 1.85. The topological polar surface area (TPSA) is 55.1 Å². The molecule has 2 aromatic carbocycles. The third-order valence-electron chi connectivity index (χ3n) is 3.42. The maximum absolute atomic E-state index is 11.4. The number of aryl methyl sites for hydroxylation is 2. The average Bonchev–Trinajstić information content (AvgIpc) is 2.85. The molecule has 1 aromatic heterocycles. The predicted molar refractivity (Wildman–Crippen MR) is 77.5 cm³/mol. The molecule has 0 bridgehead atoms. The van der Waals surface area contributed by atoms with E-state index in [0.717, 1.165) is 16.8 Å². The number of nitrogens with zero attached hydrogens (tertiary/aromatic N) is 2. The average molecular weight is 266 g/mol. The Labute approximate surface area is 116 Å². The molecule has 0 aliphatic carbocycles. The van der Waals surface area contributed by atoms with Crippen molar-refractivity contribution in [1.82, 2.24) is 9.55 Å². The van der Waals surface area contributed by atoms with Gasteiger partial charge in [0.05, 0.1) is 22.3 Å². The first-order valence-corrected chi connectivity index (χ1v) is 6.35. The monoisotopic (exact) mass is 266 g/mol. The molecule has 0 aliphatic rings. The lowest BCUT2D eigenvalue weighted by atomic mass is 10.1. The Kier molecular flexibility index (Phi) is 2.79. The van der Waals surface area contributed by atoms with E-state index >= 15 is 0 Å². The lowest BCUT2D eigenvalue weighted by Gasteiger charge is -2.10. The van der Waals surface area contributed by atoms with Gasteiger partial charge in [-0.3, -0.25) is 4.57 Å². The van der Waals surface area contributed by atoms with Crippen molar-refractivity contribution in [1.29, 1.82) is 0 Å². The summed E-state index contributed by atoms with van der Waals surface area (Å²) >= 11 is 0. The summed E-state index contributed by atoms with van der Waals surface area (Å²) in [6.07, 6.45) is 1.68. The first kappa shape index (κ1) is 12.4. The molecule has 20 heavy (non-hydrogen) atoms. The molecule has 0 spiro atoms. The third-order valence-corrected chi connectivity index (χ3v) is 3.42. The van der Waals surface area contributed by atoms with Gasteiger partial charge in [0.1, 0.15) is 6.33 Å². The highest BCUT2D eigenvalue weighted by Gasteiger charge is 2.15. The van der Waals surface area contributed by atoms with Crippen LogP contribution >= 0.6 is 0 Å². The minimum atomic E-state index is -0.942. The molecule has 0 aliphatic heterocycles. The second-order valence-corrected chi connectivity index (χ2v) is 4.88. The molecule has 3 aromatic rings. The van der Waals surface area contributed by atoms with Gasteiger partial charge in [-0.05, 0) is 43.2 Å². The number of benzene rings is 2. The first-order valence-electron chi connectivity index (χ1n) is 6.35. The number of hydrogen-bond donors (Lipinski definition) is 1. The molecule has 100 valence electrons. The van der Waals surface area contributed by atoms with Crippen molar-refractivity contribution in [3.05, 3.63) is 59.4 Å². The summed E-state index contributed by atoms with van der Waals surface area (Å²) in [5, 5.41) is 9.36. The van der Waals surface area contributed by atoms with Gasteiger partial charge in [0.25, 0.3) is 0 Å². The highest BCUT2D eigenvalue weighted by atomic mass is 16.4. The standard InChI is InChI=1S/C16H14N2O2/c1-10-6-7-11(2)14(8-10)18-9-17-13-5-3-4-12(15(13)18)16(19)20/h3-9H,1-2H3,(H,19,20). The largest absolute Gasteiger partial charge is 0.478 e. The van der Waals surface area contributed by atoms with Crippen LogP contribution in [-0.4, -0.2) is 20.6 Å². The molecule has 1 N–H and O–H groups in total. The van der Waals surface area contributed by atoms with Crippen LogP contribution in [-0.2, 0) is 0 Å². The number of aromatic carboxylic acids is 1. The Balaban J connectivity index is 2.37. The summed E-state index contributed by atoms with van der Waals surface area (Å²) in [5.74, 6) is -0.942. The summed E-state index contributed by atoms with van der Waals surface area (Å²) in [5.41, 5.74) is 4.75. The number of rotatable bonds is 2. The van der Waals surface area contributed by atoms with Crippen molar-refractivity contribution in [2.24, 2.45) is 0 Å². The summed E-state index contributed by atoms with van der Waals surface area (Å²) in [7, 11) is 0. The molecule has 0 fully saturated rings. The van der Waals surface area contributed by atoms with Crippen LogP contribution in [0.15, 0.2) is 42.7 Å². The highest BCUT2D eigenvalue weighted by molar-refractivity contribution is 6.01. The van der Waals surface area contributed by atoms with Gasteiger partial charge in [0, 0.05) is 0 Å². The lowest BCUT2D eigenvalue weighted by Crippen LogP contribution is -2.03. The van der Waals surface area contributed by atoms with Crippen molar-refractivity contribution >= 4 is 17.0 Å². The fraction of sp³-hybridized carbons (Fsp3) is 0.125. The van der Waals surface area contributed by atoms with Crippen LogP contribution in [0.3, 0.4) is 0 Å². The fourth-order valence-electron chi connectivity index (χ4n) is 2.40. The molecule has 4 nitrogen and oxygen atoms in total. The molecular formula is C16H14N2O2. The van der Waals surface area contributed by atoms with E-state index in [1.807, 2.05) is 42.7 Å². The van der Waals surface area contributed by atoms with Crippen molar-refractivity contribution < 1.29 is 9.90 Å². The van der Waals surface area contributed by atoms with E-state index in [0.29, 0.717) is 11.0 Å². The minimum Gasteiger partial charge on any atom is -0.478 e. The molecule has 0 atom stereocenters. The van der Waals surface area contributed by atoms with E-state index in [2.05, 4.69) is 4.98 Å². The van der Waals surface area contributed by atoms with Gasteiger partial charge >= 0.3 is 5.97 Å². The number of para-hydroxylation sites is 1. The molecule has 0 amide bonds. The Hall–Kier alpha value is -2.62. The van der Waals surface area contributed by atoms with Gasteiger partial charge in [-0.25, -0.2) is 9.78 Å².